The van der Waals surface area contributed by atoms with Gasteiger partial charge in [0.05, 0.1) is 22.8 Å². The molecule has 2 heterocycles. The lowest BCUT2D eigenvalue weighted by Crippen LogP contribution is -2.15. The lowest BCUT2D eigenvalue weighted by atomic mass is 9.81. The van der Waals surface area contributed by atoms with Gasteiger partial charge < -0.3 is 4.42 Å². The molecule has 2 aromatic heterocycles. The molecule has 0 unspecified atom stereocenters. The van der Waals surface area contributed by atoms with Crippen molar-refractivity contribution in [3.8, 4) is 39.6 Å². The van der Waals surface area contributed by atoms with E-state index >= 15 is 0 Å². The van der Waals surface area contributed by atoms with E-state index in [1.54, 1.807) is 0 Å². The number of fused-ring (bicyclic) bond motifs is 10. The number of rotatable bonds is 2. The Labute approximate surface area is 254 Å². The molecule has 0 amide bonds. The van der Waals surface area contributed by atoms with Gasteiger partial charge in [0.1, 0.15) is 11.2 Å². The summed E-state index contributed by atoms with van der Waals surface area (Å²) in [5.41, 5.74) is 12.5. The first-order chi connectivity index (χ1) is 21.5. The van der Waals surface area contributed by atoms with E-state index in [2.05, 4.69) is 111 Å². The van der Waals surface area contributed by atoms with E-state index in [1.807, 2.05) is 30.3 Å². The molecule has 0 atom stereocenters. The van der Waals surface area contributed by atoms with Crippen molar-refractivity contribution < 1.29 is 4.42 Å². The molecule has 0 fully saturated rings. The maximum atomic E-state index is 9.53. The molecule has 3 heteroatoms. The lowest BCUT2D eigenvalue weighted by molar-refractivity contribution is 0.660. The third kappa shape index (κ3) is 3.40. The molecule has 0 aliphatic heterocycles. The third-order valence-electron chi connectivity index (χ3n) is 9.49. The van der Waals surface area contributed by atoms with Gasteiger partial charge in [-0.15, -0.1) is 0 Å². The summed E-state index contributed by atoms with van der Waals surface area (Å²) in [5, 5.41) is 15.0. The summed E-state index contributed by atoms with van der Waals surface area (Å²) in [6.07, 6.45) is 0. The average Bonchev–Trinajstić information content (AvgIpc) is 3.56. The Morgan fingerprint density at radius 2 is 1.30 bits per heavy atom. The number of hydrogen-bond acceptors (Lipinski definition) is 3. The molecule has 8 aromatic rings. The Balaban J connectivity index is 1.29. The van der Waals surface area contributed by atoms with Gasteiger partial charge in [0.15, 0.2) is 0 Å². The van der Waals surface area contributed by atoms with Gasteiger partial charge in [0.2, 0.25) is 0 Å². The van der Waals surface area contributed by atoms with E-state index in [0.29, 0.717) is 5.56 Å². The van der Waals surface area contributed by atoms with E-state index in [1.165, 1.54) is 22.3 Å². The highest BCUT2D eigenvalue weighted by Gasteiger charge is 2.35. The first kappa shape index (κ1) is 24.8. The molecule has 206 valence electrons. The van der Waals surface area contributed by atoms with Gasteiger partial charge in [0.25, 0.3) is 0 Å². The maximum absolute atomic E-state index is 9.53. The Kier molecular flexibility index (Phi) is 5.02. The second-order valence-corrected chi connectivity index (χ2v) is 12.3. The Bertz CT molecular complexity index is 2530. The van der Waals surface area contributed by atoms with Crippen molar-refractivity contribution in [2.75, 3.05) is 0 Å². The summed E-state index contributed by atoms with van der Waals surface area (Å²) in [5.74, 6) is 0. The molecule has 0 spiro atoms. The fourth-order valence-electron chi connectivity index (χ4n) is 7.25. The van der Waals surface area contributed by atoms with E-state index in [4.69, 9.17) is 9.40 Å². The largest absolute Gasteiger partial charge is 0.455 e. The van der Waals surface area contributed by atoms with Crippen molar-refractivity contribution >= 4 is 43.6 Å². The summed E-state index contributed by atoms with van der Waals surface area (Å²) in [6, 6.07) is 44.8. The molecule has 44 heavy (non-hydrogen) atoms. The van der Waals surface area contributed by atoms with Crippen LogP contribution in [0.4, 0.5) is 0 Å². The Hall–Kier alpha value is -5.72. The fourth-order valence-corrected chi connectivity index (χ4v) is 7.25. The van der Waals surface area contributed by atoms with Crippen molar-refractivity contribution in [2.24, 2.45) is 0 Å². The molecular weight excluding hydrogens is 536 g/mol. The molecule has 1 aliphatic rings. The van der Waals surface area contributed by atoms with Gasteiger partial charge in [0, 0.05) is 37.9 Å². The van der Waals surface area contributed by atoms with Gasteiger partial charge in [-0.1, -0.05) is 98.8 Å². The second-order valence-electron chi connectivity index (χ2n) is 12.3. The second kappa shape index (κ2) is 8.89. The van der Waals surface area contributed by atoms with Crippen LogP contribution in [-0.4, -0.2) is 4.98 Å². The van der Waals surface area contributed by atoms with E-state index in [9.17, 15) is 5.26 Å². The number of nitriles is 1. The first-order valence-corrected chi connectivity index (χ1v) is 14.9. The number of furan rings is 1. The van der Waals surface area contributed by atoms with Gasteiger partial charge in [-0.05, 0) is 69.8 Å². The zero-order chi connectivity index (χ0) is 29.6. The Morgan fingerprint density at radius 1 is 0.614 bits per heavy atom. The molecule has 3 nitrogen and oxygen atoms in total. The molecule has 0 N–H and O–H groups in total. The summed E-state index contributed by atoms with van der Waals surface area (Å²) in [4.78, 5) is 5.30. The minimum atomic E-state index is -0.202. The first-order valence-electron chi connectivity index (χ1n) is 14.9. The van der Waals surface area contributed by atoms with Crippen molar-refractivity contribution in [2.45, 2.75) is 19.3 Å². The van der Waals surface area contributed by atoms with Crippen LogP contribution in [0.15, 0.2) is 126 Å². The quantitative estimate of drug-likeness (QED) is 0.197. The van der Waals surface area contributed by atoms with Crippen LogP contribution in [0.3, 0.4) is 0 Å². The molecule has 1 aliphatic carbocycles. The smallest absolute Gasteiger partial charge is 0.144 e. The minimum Gasteiger partial charge on any atom is -0.455 e. The van der Waals surface area contributed by atoms with Crippen LogP contribution in [0.2, 0.25) is 0 Å². The molecule has 6 aromatic carbocycles. The molecule has 9 rings (SSSR count). The third-order valence-corrected chi connectivity index (χ3v) is 9.49. The number of para-hydroxylation sites is 1. The number of nitrogens with zero attached hydrogens (tertiary/aromatic N) is 2. The molecule has 0 saturated heterocycles. The SMILES string of the molecule is CC1(C)c2cc(C#N)ccc2-c2ccc(-c3ccc4c(c3)nc(-c3ccccc3)c3ccc5c6ccccc6oc5c34)cc21. The van der Waals surface area contributed by atoms with Gasteiger partial charge in [-0.3, -0.25) is 0 Å². The summed E-state index contributed by atoms with van der Waals surface area (Å²) in [7, 11) is 0. The van der Waals surface area contributed by atoms with Crippen LogP contribution in [0.25, 0.3) is 77.1 Å². The predicted molar refractivity (Wildman–Crippen MR) is 180 cm³/mol. The van der Waals surface area contributed by atoms with Crippen molar-refractivity contribution in [1.82, 2.24) is 4.98 Å². The topological polar surface area (TPSA) is 49.8 Å². The molecule has 0 saturated carbocycles. The van der Waals surface area contributed by atoms with Crippen molar-refractivity contribution in [3.05, 3.63) is 138 Å². The number of pyridine rings is 1. The molecular formula is C41H26N2O. The van der Waals surface area contributed by atoms with Gasteiger partial charge in [-0.2, -0.15) is 5.26 Å². The van der Waals surface area contributed by atoms with Crippen LogP contribution in [0.1, 0.15) is 30.5 Å². The normalized spacial score (nSPS) is 13.4. The lowest BCUT2D eigenvalue weighted by Gasteiger charge is -2.22. The highest BCUT2D eigenvalue weighted by Crippen LogP contribution is 2.50. The predicted octanol–water partition coefficient (Wildman–Crippen LogP) is 10.8. The van der Waals surface area contributed by atoms with Crippen LogP contribution in [0, 0.1) is 11.3 Å². The minimum absolute atomic E-state index is 0.202. The van der Waals surface area contributed by atoms with Crippen LogP contribution >= 0.6 is 0 Å². The van der Waals surface area contributed by atoms with Gasteiger partial charge in [-0.25, -0.2) is 4.98 Å². The number of aromatic nitrogens is 1. The monoisotopic (exact) mass is 562 g/mol. The van der Waals surface area contributed by atoms with E-state index in [-0.39, 0.29) is 5.41 Å². The molecule has 0 radical (unpaired) electrons. The number of hydrogen-bond donors (Lipinski definition) is 0. The zero-order valence-electron chi connectivity index (χ0n) is 24.3. The standard InChI is InChI=1S/C41H26N2O/c1-41(2)34-20-24(23-42)12-15-28(34)29-16-13-26(21-35(29)41)27-14-17-32-36(22-27)43-39(25-8-4-3-5-9-25)33-19-18-31-30-10-6-7-11-37(30)44-40(31)38(32)33/h3-22H,1-2H3. The van der Waals surface area contributed by atoms with E-state index < -0.39 is 0 Å². The van der Waals surface area contributed by atoms with Crippen LogP contribution < -0.4 is 0 Å². The highest BCUT2D eigenvalue weighted by molar-refractivity contribution is 6.24. The average molecular weight is 563 g/mol. The zero-order valence-corrected chi connectivity index (χ0v) is 24.3. The Morgan fingerprint density at radius 3 is 2.14 bits per heavy atom. The van der Waals surface area contributed by atoms with E-state index in [0.717, 1.165) is 66.0 Å². The number of benzene rings is 6. The molecule has 0 bridgehead atoms. The summed E-state index contributed by atoms with van der Waals surface area (Å²) in [6.45, 7) is 4.50. The van der Waals surface area contributed by atoms with Crippen molar-refractivity contribution in [3.63, 3.8) is 0 Å². The van der Waals surface area contributed by atoms with Gasteiger partial charge >= 0.3 is 0 Å². The maximum Gasteiger partial charge on any atom is 0.144 e. The van der Waals surface area contributed by atoms with Crippen molar-refractivity contribution in [1.29, 1.82) is 5.26 Å². The summed E-state index contributed by atoms with van der Waals surface area (Å²) >= 11 is 0. The highest BCUT2D eigenvalue weighted by atomic mass is 16.3. The van der Waals surface area contributed by atoms with Crippen LogP contribution in [-0.2, 0) is 5.41 Å². The fraction of sp³-hybridized carbons (Fsp3) is 0.0732. The summed E-state index contributed by atoms with van der Waals surface area (Å²) < 4.78 is 6.55. The van der Waals surface area contributed by atoms with Crippen LogP contribution in [0.5, 0.6) is 0 Å².